The molecule has 1 saturated heterocycles. The van der Waals surface area contributed by atoms with Crippen molar-refractivity contribution >= 4 is 33.2 Å². The van der Waals surface area contributed by atoms with E-state index in [1.165, 1.54) is 33.6 Å². The van der Waals surface area contributed by atoms with E-state index >= 15 is 0 Å². The predicted molar refractivity (Wildman–Crippen MR) is 123 cm³/mol. The van der Waals surface area contributed by atoms with Crippen LogP contribution in [0.1, 0.15) is 49.3 Å². The number of sulfonamides is 1. The average molecular weight is 462 g/mol. The molecule has 1 aliphatic heterocycles. The lowest BCUT2D eigenvalue weighted by Gasteiger charge is -2.26. The largest absolute Gasteiger partial charge is 0.324 e. The third-order valence-corrected chi connectivity index (χ3v) is 8.27. The monoisotopic (exact) mass is 461 g/mol. The summed E-state index contributed by atoms with van der Waals surface area (Å²) in [5.41, 5.74) is 2.88. The second-order valence-electron chi connectivity index (χ2n) is 8.18. The van der Waals surface area contributed by atoms with E-state index in [4.69, 9.17) is 11.6 Å². The first kappa shape index (κ1) is 22.3. The number of amides is 1. The minimum Gasteiger partial charge on any atom is -0.324 e. The summed E-state index contributed by atoms with van der Waals surface area (Å²) in [5.74, 6) is -0.252. The lowest BCUT2D eigenvalue weighted by atomic mass is 9.88. The Labute approximate surface area is 189 Å². The van der Waals surface area contributed by atoms with Gasteiger partial charge in [0.25, 0.3) is 0 Å². The van der Waals surface area contributed by atoms with Crippen molar-refractivity contribution < 1.29 is 13.2 Å². The Morgan fingerprint density at radius 1 is 1.06 bits per heavy atom. The Bertz CT molecular complexity index is 1050. The highest BCUT2D eigenvalue weighted by molar-refractivity contribution is 7.89. The number of nitrogens with zero attached hydrogens (tertiary/aromatic N) is 1. The van der Waals surface area contributed by atoms with Crippen LogP contribution in [-0.4, -0.2) is 38.3 Å². The van der Waals surface area contributed by atoms with Crippen molar-refractivity contribution in [2.75, 3.05) is 25.0 Å². The molecule has 1 aliphatic carbocycles. The number of hydrogen-bond donors (Lipinski definition) is 2. The molecule has 0 aromatic heterocycles. The van der Waals surface area contributed by atoms with Crippen LogP contribution < -0.4 is 10.6 Å². The van der Waals surface area contributed by atoms with Crippen LogP contribution in [0.25, 0.3) is 0 Å². The van der Waals surface area contributed by atoms with Gasteiger partial charge >= 0.3 is 0 Å². The van der Waals surface area contributed by atoms with E-state index in [1.54, 1.807) is 0 Å². The molecule has 31 heavy (non-hydrogen) atoms. The molecule has 2 aromatic rings. The Hall–Kier alpha value is -1.93. The van der Waals surface area contributed by atoms with Crippen molar-refractivity contribution in [2.45, 2.75) is 49.5 Å². The van der Waals surface area contributed by atoms with E-state index in [0.29, 0.717) is 23.8 Å². The van der Waals surface area contributed by atoms with Crippen molar-refractivity contribution in [3.8, 4) is 0 Å². The number of benzene rings is 2. The molecule has 2 aromatic carbocycles. The molecule has 0 bridgehead atoms. The molecule has 2 N–H and O–H groups in total. The summed E-state index contributed by atoms with van der Waals surface area (Å²) in [6.45, 7) is 1.18. The van der Waals surface area contributed by atoms with Crippen LogP contribution in [0.2, 0.25) is 5.02 Å². The van der Waals surface area contributed by atoms with Gasteiger partial charge in [-0.1, -0.05) is 42.3 Å². The van der Waals surface area contributed by atoms with Gasteiger partial charge in [-0.15, -0.1) is 0 Å². The van der Waals surface area contributed by atoms with Gasteiger partial charge in [0, 0.05) is 19.1 Å². The van der Waals surface area contributed by atoms with Crippen LogP contribution in [0.15, 0.2) is 47.4 Å². The SMILES string of the molecule is O=C(CN[C@H]1CCCc2ccccc21)Nc1cc(S(=O)(=O)N2CCCCC2)ccc1Cl. The van der Waals surface area contributed by atoms with Crippen molar-refractivity contribution in [1.29, 1.82) is 0 Å². The second kappa shape index (κ2) is 9.69. The number of aryl methyl sites for hydroxylation is 1. The third-order valence-electron chi connectivity index (χ3n) is 6.04. The first-order valence-electron chi connectivity index (χ1n) is 10.9. The zero-order valence-corrected chi connectivity index (χ0v) is 19.0. The summed E-state index contributed by atoms with van der Waals surface area (Å²) in [6.07, 6.45) is 5.91. The number of halogens is 1. The van der Waals surface area contributed by atoms with Crippen LogP contribution in [0.5, 0.6) is 0 Å². The van der Waals surface area contributed by atoms with E-state index < -0.39 is 10.0 Å². The van der Waals surface area contributed by atoms with Crippen LogP contribution in [0.4, 0.5) is 5.69 Å². The Morgan fingerprint density at radius 2 is 1.84 bits per heavy atom. The van der Waals surface area contributed by atoms with Crippen LogP contribution >= 0.6 is 11.6 Å². The molecule has 0 unspecified atom stereocenters. The fraction of sp³-hybridized carbons (Fsp3) is 0.435. The molecule has 2 aliphatic rings. The van der Waals surface area contributed by atoms with E-state index in [0.717, 1.165) is 38.5 Å². The smallest absolute Gasteiger partial charge is 0.243 e. The van der Waals surface area contributed by atoms with Gasteiger partial charge in [0.05, 0.1) is 22.2 Å². The van der Waals surface area contributed by atoms with Gasteiger partial charge in [-0.3, -0.25) is 4.79 Å². The molecule has 8 heteroatoms. The summed E-state index contributed by atoms with van der Waals surface area (Å²) >= 11 is 6.25. The summed E-state index contributed by atoms with van der Waals surface area (Å²) < 4.78 is 27.4. The molecule has 0 radical (unpaired) electrons. The summed E-state index contributed by atoms with van der Waals surface area (Å²) in [7, 11) is -3.59. The standard InChI is InChI=1S/C23H28ClN3O3S/c24-20-12-11-18(31(29,30)27-13-4-1-5-14-27)15-22(20)26-23(28)16-25-21-10-6-8-17-7-2-3-9-19(17)21/h2-3,7,9,11-12,15,21,25H,1,4-6,8,10,13-14,16H2,(H,26,28)/t21-/m0/s1. The van der Waals surface area contributed by atoms with Crippen LogP contribution in [-0.2, 0) is 21.2 Å². The maximum Gasteiger partial charge on any atom is 0.243 e. The molecule has 1 fully saturated rings. The van der Waals surface area contributed by atoms with Crippen molar-refractivity contribution in [2.24, 2.45) is 0 Å². The zero-order chi connectivity index (χ0) is 21.8. The lowest BCUT2D eigenvalue weighted by molar-refractivity contribution is -0.115. The van der Waals surface area contributed by atoms with Gasteiger partial charge < -0.3 is 10.6 Å². The normalized spacial score (nSPS) is 19.6. The van der Waals surface area contributed by atoms with E-state index in [-0.39, 0.29) is 23.4 Å². The fourth-order valence-electron chi connectivity index (χ4n) is 4.39. The predicted octanol–water partition coefficient (Wildman–Crippen LogP) is 4.12. The van der Waals surface area contributed by atoms with Crippen molar-refractivity contribution in [3.05, 3.63) is 58.6 Å². The van der Waals surface area contributed by atoms with Crippen molar-refractivity contribution in [3.63, 3.8) is 0 Å². The van der Waals surface area contributed by atoms with Gasteiger partial charge in [-0.25, -0.2) is 8.42 Å². The Kier molecular flexibility index (Phi) is 6.96. The number of hydrogen-bond acceptors (Lipinski definition) is 4. The van der Waals surface area contributed by atoms with E-state index in [2.05, 4.69) is 22.8 Å². The van der Waals surface area contributed by atoms with Gasteiger partial charge in [0.1, 0.15) is 0 Å². The quantitative estimate of drug-likeness (QED) is 0.678. The first-order chi connectivity index (χ1) is 14.9. The highest BCUT2D eigenvalue weighted by Gasteiger charge is 2.27. The molecular formula is C23H28ClN3O3S. The molecule has 6 nitrogen and oxygen atoms in total. The molecule has 1 atom stereocenters. The maximum atomic E-state index is 12.9. The number of anilines is 1. The highest BCUT2D eigenvalue weighted by atomic mass is 35.5. The van der Waals surface area contributed by atoms with E-state index in [1.807, 2.05) is 12.1 Å². The number of carbonyl (C=O) groups excluding carboxylic acids is 1. The highest BCUT2D eigenvalue weighted by Crippen LogP contribution is 2.30. The molecule has 166 valence electrons. The minimum absolute atomic E-state index is 0.123. The Morgan fingerprint density at radius 3 is 2.65 bits per heavy atom. The fourth-order valence-corrected chi connectivity index (χ4v) is 6.10. The number of carbonyl (C=O) groups is 1. The minimum atomic E-state index is -3.59. The maximum absolute atomic E-state index is 12.9. The second-order valence-corrected chi connectivity index (χ2v) is 10.5. The van der Waals surface area contributed by atoms with Gasteiger partial charge in [0.15, 0.2) is 0 Å². The van der Waals surface area contributed by atoms with Gasteiger partial charge in [-0.05, 0) is 61.4 Å². The van der Waals surface area contributed by atoms with Crippen molar-refractivity contribution in [1.82, 2.24) is 9.62 Å². The molecule has 1 heterocycles. The topological polar surface area (TPSA) is 78.5 Å². The van der Waals surface area contributed by atoms with Crippen LogP contribution in [0, 0.1) is 0 Å². The summed E-state index contributed by atoms with van der Waals surface area (Å²) in [6, 6.07) is 12.9. The molecule has 4 rings (SSSR count). The molecule has 0 spiro atoms. The summed E-state index contributed by atoms with van der Waals surface area (Å²) in [5, 5.41) is 6.42. The van der Waals surface area contributed by atoms with Gasteiger partial charge in [-0.2, -0.15) is 4.31 Å². The lowest BCUT2D eigenvalue weighted by Crippen LogP contribution is -2.35. The van der Waals surface area contributed by atoms with E-state index in [9.17, 15) is 13.2 Å². The van der Waals surface area contributed by atoms with Crippen LogP contribution in [0.3, 0.4) is 0 Å². The van der Waals surface area contributed by atoms with Gasteiger partial charge in [0.2, 0.25) is 15.9 Å². The number of piperidine rings is 1. The average Bonchev–Trinajstić information content (AvgIpc) is 2.79. The molecule has 1 amide bonds. The first-order valence-corrected chi connectivity index (χ1v) is 12.7. The molecular weight excluding hydrogens is 434 g/mol. The number of rotatable bonds is 6. The molecule has 0 saturated carbocycles. The summed E-state index contributed by atoms with van der Waals surface area (Å²) in [4.78, 5) is 12.7. The Balaban J connectivity index is 1.42. The number of nitrogens with one attached hydrogen (secondary N) is 2. The number of fused-ring (bicyclic) bond motifs is 1. The third kappa shape index (κ3) is 5.12. The zero-order valence-electron chi connectivity index (χ0n) is 17.4.